The molecule has 1 saturated heterocycles. The Morgan fingerprint density at radius 3 is 2.65 bits per heavy atom. The van der Waals surface area contributed by atoms with Crippen LogP contribution < -0.4 is 20.3 Å². The molecule has 1 aromatic heterocycles. The Kier molecular flexibility index (Phi) is 6.37. The summed E-state index contributed by atoms with van der Waals surface area (Å²) in [5, 5.41) is 4.86. The number of hydrogen-bond donors (Lipinski definition) is 2. The fourth-order valence-electron chi connectivity index (χ4n) is 3.54. The Bertz CT molecular complexity index is 926. The van der Waals surface area contributed by atoms with E-state index < -0.39 is 18.0 Å². The zero-order valence-corrected chi connectivity index (χ0v) is 16.9. The molecular weight excluding hydrogens is 404 g/mol. The average molecular weight is 428 g/mol. The molecule has 164 valence electrons. The predicted molar refractivity (Wildman–Crippen MR) is 110 cm³/mol. The van der Waals surface area contributed by atoms with E-state index in [1.54, 1.807) is 34.1 Å². The number of urea groups is 1. The number of nitrogens with one attached hydrogen (secondary N) is 2. The minimum atomic E-state index is -0.742. The molecule has 10 heteroatoms. The van der Waals surface area contributed by atoms with Gasteiger partial charge >= 0.3 is 6.03 Å². The van der Waals surface area contributed by atoms with Crippen LogP contribution in [-0.2, 0) is 20.9 Å². The molecule has 0 bridgehead atoms. The lowest BCUT2D eigenvalue weighted by Crippen LogP contribution is -2.54. The summed E-state index contributed by atoms with van der Waals surface area (Å²) in [6, 6.07) is 10.0. The van der Waals surface area contributed by atoms with Crippen molar-refractivity contribution in [3.8, 4) is 5.75 Å². The highest BCUT2D eigenvalue weighted by Crippen LogP contribution is 2.33. The zero-order chi connectivity index (χ0) is 21.6. The van der Waals surface area contributed by atoms with E-state index >= 15 is 0 Å². The molecule has 2 aromatic rings. The predicted octanol–water partition coefficient (Wildman–Crippen LogP) is 0.732. The maximum atomic E-state index is 12.9. The van der Waals surface area contributed by atoms with Gasteiger partial charge in [0.1, 0.15) is 11.5 Å². The van der Waals surface area contributed by atoms with E-state index in [4.69, 9.17) is 13.9 Å². The van der Waals surface area contributed by atoms with Gasteiger partial charge in [-0.25, -0.2) is 4.79 Å². The monoisotopic (exact) mass is 428 g/mol. The maximum Gasteiger partial charge on any atom is 0.321 e. The van der Waals surface area contributed by atoms with Crippen LogP contribution in [0.5, 0.6) is 5.75 Å². The van der Waals surface area contributed by atoms with Crippen molar-refractivity contribution in [2.45, 2.75) is 12.6 Å². The molecule has 0 spiro atoms. The van der Waals surface area contributed by atoms with Crippen LogP contribution in [0.2, 0.25) is 0 Å². The fourth-order valence-corrected chi connectivity index (χ4v) is 3.54. The number of furan rings is 1. The van der Waals surface area contributed by atoms with Gasteiger partial charge in [-0.3, -0.25) is 14.9 Å². The zero-order valence-electron chi connectivity index (χ0n) is 16.9. The highest BCUT2D eigenvalue weighted by atomic mass is 16.5. The Morgan fingerprint density at radius 2 is 1.87 bits per heavy atom. The summed E-state index contributed by atoms with van der Waals surface area (Å²) < 4.78 is 16.4. The van der Waals surface area contributed by atoms with Gasteiger partial charge in [-0.05, 0) is 24.3 Å². The van der Waals surface area contributed by atoms with Crippen LogP contribution in [0.4, 0.5) is 10.5 Å². The Hall–Kier alpha value is -3.53. The number of carbonyl (C=O) groups is 3. The highest BCUT2D eigenvalue weighted by Gasteiger charge is 2.34. The molecule has 2 aliphatic heterocycles. The number of morpholine rings is 1. The summed E-state index contributed by atoms with van der Waals surface area (Å²) >= 11 is 0. The smallest absolute Gasteiger partial charge is 0.321 e. The van der Waals surface area contributed by atoms with Gasteiger partial charge < -0.3 is 29.0 Å². The van der Waals surface area contributed by atoms with Crippen molar-refractivity contribution in [1.29, 1.82) is 0 Å². The second-order valence-electron chi connectivity index (χ2n) is 7.20. The number of imide groups is 1. The number of fused-ring (bicyclic) bond motifs is 1. The standard InChI is InChI=1S/C21H24N4O6/c26-19(23-21(28)22-12-15-4-3-9-30-15)14-25-13-18(20(27)24-7-10-29-11-8-24)31-17-6-2-1-5-16(17)25/h1-6,9,18H,7-8,10-14H2,(H2,22,23,26,28). The molecular formula is C21H24N4O6. The molecule has 4 amide bonds. The van der Waals surface area contributed by atoms with E-state index in [0.29, 0.717) is 43.5 Å². The minimum absolute atomic E-state index is 0.0958. The number of anilines is 1. The van der Waals surface area contributed by atoms with E-state index in [9.17, 15) is 14.4 Å². The Labute approximate surface area is 179 Å². The third-order valence-corrected chi connectivity index (χ3v) is 5.05. The highest BCUT2D eigenvalue weighted by molar-refractivity contribution is 5.97. The lowest BCUT2D eigenvalue weighted by Gasteiger charge is -2.37. The van der Waals surface area contributed by atoms with Gasteiger partial charge in [0.25, 0.3) is 5.91 Å². The molecule has 1 fully saturated rings. The first-order valence-electron chi connectivity index (χ1n) is 10.1. The number of nitrogens with zero attached hydrogens (tertiary/aromatic N) is 2. The third kappa shape index (κ3) is 5.15. The maximum absolute atomic E-state index is 12.9. The number of hydrogen-bond acceptors (Lipinski definition) is 7. The quantitative estimate of drug-likeness (QED) is 0.722. The number of rotatable bonds is 5. The van der Waals surface area contributed by atoms with Gasteiger partial charge in [-0.1, -0.05) is 12.1 Å². The van der Waals surface area contributed by atoms with Gasteiger partial charge in [0, 0.05) is 13.1 Å². The lowest BCUT2D eigenvalue weighted by atomic mass is 10.1. The van der Waals surface area contributed by atoms with Crippen molar-refractivity contribution in [3.63, 3.8) is 0 Å². The summed E-state index contributed by atoms with van der Waals surface area (Å²) in [5.74, 6) is 0.468. The van der Waals surface area contributed by atoms with Crippen LogP contribution in [0.3, 0.4) is 0 Å². The van der Waals surface area contributed by atoms with E-state index in [0.717, 1.165) is 0 Å². The van der Waals surface area contributed by atoms with Gasteiger partial charge in [-0.2, -0.15) is 0 Å². The van der Waals surface area contributed by atoms with Crippen LogP contribution in [0, 0.1) is 0 Å². The summed E-state index contributed by atoms with van der Waals surface area (Å²) in [6.07, 6.45) is 0.762. The molecule has 1 aromatic carbocycles. The van der Waals surface area contributed by atoms with E-state index in [2.05, 4.69) is 10.6 Å². The van der Waals surface area contributed by atoms with E-state index in [1.807, 2.05) is 12.1 Å². The molecule has 0 saturated carbocycles. The second kappa shape index (κ2) is 9.52. The second-order valence-corrected chi connectivity index (χ2v) is 7.20. The molecule has 10 nitrogen and oxygen atoms in total. The van der Waals surface area contributed by atoms with Crippen molar-refractivity contribution >= 4 is 23.5 Å². The molecule has 31 heavy (non-hydrogen) atoms. The molecule has 0 aliphatic carbocycles. The summed E-state index contributed by atoms with van der Waals surface area (Å²) in [7, 11) is 0. The Morgan fingerprint density at radius 1 is 1.06 bits per heavy atom. The van der Waals surface area contributed by atoms with Crippen LogP contribution in [0.1, 0.15) is 5.76 Å². The molecule has 0 radical (unpaired) electrons. The van der Waals surface area contributed by atoms with Crippen LogP contribution >= 0.6 is 0 Å². The minimum Gasteiger partial charge on any atom is -0.477 e. The van der Waals surface area contributed by atoms with Crippen LogP contribution in [0.25, 0.3) is 0 Å². The molecule has 4 rings (SSSR count). The summed E-state index contributed by atoms with van der Waals surface area (Å²) in [6.45, 7) is 2.29. The van der Waals surface area contributed by atoms with Crippen molar-refractivity contribution in [3.05, 3.63) is 48.4 Å². The molecule has 1 atom stereocenters. The number of amides is 4. The SMILES string of the molecule is O=C(CN1CC(C(=O)N2CCOCC2)Oc2ccccc21)NC(=O)NCc1ccco1. The molecule has 3 heterocycles. The first kappa shape index (κ1) is 20.7. The number of carbonyl (C=O) groups excluding carboxylic acids is 3. The first-order chi connectivity index (χ1) is 15.1. The molecule has 2 N–H and O–H groups in total. The van der Waals surface area contributed by atoms with Crippen molar-refractivity contribution in [1.82, 2.24) is 15.5 Å². The topological polar surface area (TPSA) is 113 Å². The fraction of sp³-hybridized carbons (Fsp3) is 0.381. The largest absolute Gasteiger partial charge is 0.477 e. The van der Waals surface area contributed by atoms with Crippen molar-refractivity contribution in [2.24, 2.45) is 0 Å². The van der Waals surface area contributed by atoms with Gasteiger partial charge in [0.2, 0.25) is 5.91 Å². The van der Waals surface area contributed by atoms with Crippen molar-refractivity contribution < 1.29 is 28.3 Å². The Balaban J connectivity index is 1.38. The summed E-state index contributed by atoms with van der Waals surface area (Å²) in [5.41, 5.74) is 0.694. The lowest BCUT2D eigenvalue weighted by molar-refractivity contribution is -0.142. The van der Waals surface area contributed by atoms with Crippen LogP contribution in [0.15, 0.2) is 47.1 Å². The average Bonchev–Trinajstić information content (AvgIpc) is 3.31. The van der Waals surface area contributed by atoms with Crippen molar-refractivity contribution in [2.75, 3.05) is 44.3 Å². The van der Waals surface area contributed by atoms with Gasteiger partial charge in [-0.15, -0.1) is 0 Å². The van der Waals surface area contributed by atoms with Crippen LogP contribution in [-0.4, -0.2) is 68.2 Å². The van der Waals surface area contributed by atoms with Gasteiger partial charge in [0.05, 0.1) is 44.8 Å². The van der Waals surface area contributed by atoms with Gasteiger partial charge in [0.15, 0.2) is 6.10 Å². The number of benzene rings is 1. The summed E-state index contributed by atoms with van der Waals surface area (Å²) in [4.78, 5) is 40.9. The molecule has 1 unspecified atom stereocenters. The third-order valence-electron chi connectivity index (χ3n) is 5.05. The normalized spacial score (nSPS) is 18.0. The van der Waals surface area contributed by atoms with E-state index in [1.165, 1.54) is 6.26 Å². The number of ether oxygens (including phenoxy) is 2. The van der Waals surface area contributed by atoms with E-state index in [-0.39, 0.29) is 25.5 Å². The first-order valence-corrected chi connectivity index (χ1v) is 10.1. The molecule has 2 aliphatic rings. The number of para-hydroxylation sites is 2.